The summed E-state index contributed by atoms with van der Waals surface area (Å²) in [7, 11) is 0. The molecule has 0 radical (unpaired) electrons. The van der Waals surface area contributed by atoms with Crippen molar-refractivity contribution in [3.8, 4) is 11.3 Å². The Morgan fingerprint density at radius 2 is 1.86 bits per heavy atom. The van der Waals surface area contributed by atoms with Gasteiger partial charge in [-0.1, -0.05) is 0 Å². The van der Waals surface area contributed by atoms with Gasteiger partial charge in [0.2, 0.25) is 5.13 Å². The van der Waals surface area contributed by atoms with Crippen molar-refractivity contribution in [1.29, 1.82) is 0 Å². The molecule has 0 fully saturated rings. The van der Waals surface area contributed by atoms with E-state index in [1.165, 1.54) is 23.5 Å². The van der Waals surface area contributed by atoms with Crippen LogP contribution in [0.1, 0.15) is 5.56 Å². The minimum Gasteiger partial charge on any atom is -0.265 e. The van der Waals surface area contributed by atoms with Gasteiger partial charge in [-0.25, -0.2) is 9.37 Å². The number of aromatic nitrogens is 2. The van der Waals surface area contributed by atoms with E-state index in [0.29, 0.717) is 5.13 Å². The molecule has 2 heterocycles. The topological polar surface area (TPSA) is 50.2 Å². The summed E-state index contributed by atoms with van der Waals surface area (Å²) in [5.41, 5.74) is 5.50. The van der Waals surface area contributed by atoms with Gasteiger partial charge in [0.1, 0.15) is 5.82 Å². The number of hydrogen-bond acceptors (Lipinski definition) is 5. The summed E-state index contributed by atoms with van der Waals surface area (Å²) >= 11 is 1.44. The molecule has 0 aliphatic rings. The third-order valence-corrected chi connectivity index (χ3v) is 3.47. The average Bonchev–Trinajstić information content (AvgIpc) is 2.98. The number of rotatable bonds is 4. The molecule has 21 heavy (non-hydrogen) atoms. The zero-order chi connectivity index (χ0) is 14.5. The smallest absolute Gasteiger partial charge is 0.203 e. The molecule has 0 aliphatic heterocycles. The number of nitrogens with one attached hydrogen (secondary N) is 1. The molecule has 3 rings (SSSR count). The predicted molar refractivity (Wildman–Crippen MR) is 83.0 cm³/mol. The van der Waals surface area contributed by atoms with Crippen LogP contribution in [-0.4, -0.2) is 16.2 Å². The van der Waals surface area contributed by atoms with Crippen molar-refractivity contribution in [2.75, 3.05) is 5.43 Å². The summed E-state index contributed by atoms with van der Waals surface area (Å²) in [6.45, 7) is 0. The van der Waals surface area contributed by atoms with Crippen molar-refractivity contribution >= 4 is 22.7 Å². The molecule has 0 aliphatic carbocycles. The van der Waals surface area contributed by atoms with Gasteiger partial charge in [0.05, 0.1) is 11.9 Å². The number of hydrazone groups is 1. The van der Waals surface area contributed by atoms with E-state index in [0.717, 1.165) is 16.8 Å². The fourth-order valence-electron chi connectivity index (χ4n) is 1.69. The van der Waals surface area contributed by atoms with Crippen molar-refractivity contribution in [1.82, 2.24) is 9.97 Å². The Hall–Kier alpha value is -2.60. The van der Waals surface area contributed by atoms with Crippen LogP contribution in [0.2, 0.25) is 0 Å². The van der Waals surface area contributed by atoms with Crippen LogP contribution >= 0.6 is 11.3 Å². The van der Waals surface area contributed by atoms with Crippen LogP contribution in [0.3, 0.4) is 0 Å². The van der Waals surface area contributed by atoms with Gasteiger partial charge in [-0.3, -0.25) is 10.4 Å². The molecule has 104 valence electrons. The van der Waals surface area contributed by atoms with E-state index < -0.39 is 0 Å². The number of nitrogens with zero attached hydrogens (tertiary/aromatic N) is 3. The molecule has 0 bridgehead atoms. The van der Waals surface area contributed by atoms with E-state index in [9.17, 15) is 4.39 Å². The quantitative estimate of drug-likeness (QED) is 0.589. The van der Waals surface area contributed by atoms with Crippen LogP contribution in [0.15, 0.2) is 59.3 Å². The Balaban J connectivity index is 1.68. The lowest BCUT2D eigenvalue weighted by Crippen LogP contribution is -1.90. The van der Waals surface area contributed by atoms with Gasteiger partial charge in [0.25, 0.3) is 0 Å². The minimum atomic E-state index is -0.255. The molecule has 6 heteroatoms. The largest absolute Gasteiger partial charge is 0.265 e. The van der Waals surface area contributed by atoms with E-state index in [1.54, 1.807) is 30.7 Å². The van der Waals surface area contributed by atoms with Crippen LogP contribution in [0.5, 0.6) is 0 Å². The van der Waals surface area contributed by atoms with E-state index >= 15 is 0 Å². The zero-order valence-electron chi connectivity index (χ0n) is 10.9. The highest BCUT2D eigenvalue weighted by atomic mass is 32.1. The molecule has 0 amide bonds. The number of thiazole rings is 1. The highest BCUT2D eigenvalue weighted by molar-refractivity contribution is 7.14. The van der Waals surface area contributed by atoms with Crippen molar-refractivity contribution in [3.05, 3.63) is 65.6 Å². The zero-order valence-corrected chi connectivity index (χ0v) is 11.7. The molecular formula is C15H11FN4S. The number of pyridine rings is 1. The van der Waals surface area contributed by atoms with Gasteiger partial charge in [-0.2, -0.15) is 5.10 Å². The van der Waals surface area contributed by atoms with Crippen molar-refractivity contribution in [2.45, 2.75) is 0 Å². The predicted octanol–water partition coefficient (Wildman–Crippen LogP) is 3.79. The Morgan fingerprint density at radius 3 is 2.62 bits per heavy atom. The number of hydrogen-bond donors (Lipinski definition) is 1. The van der Waals surface area contributed by atoms with Crippen LogP contribution in [-0.2, 0) is 0 Å². The van der Waals surface area contributed by atoms with Crippen molar-refractivity contribution < 1.29 is 4.39 Å². The molecule has 0 spiro atoms. The summed E-state index contributed by atoms with van der Waals surface area (Å²) in [4.78, 5) is 8.34. The second kappa shape index (κ2) is 6.23. The first-order valence-electron chi connectivity index (χ1n) is 6.22. The van der Waals surface area contributed by atoms with E-state index in [2.05, 4.69) is 20.5 Å². The fraction of sp³-hybridized carbons (Fsp3) is 0. The van der Waals surface area contributed by atoms with Gasteiger partial charge >= 0.3 is 0 Å². The second-order valence-electron chi connectivity index (χ2n) is 4.20. The van der Waals surface area contributed by atoms with Crippen LogP contribution in [0.4, 0.5) is 9.52 Å². The van der Waals surface area contributed by atoms with Crippen LogP contribution in [0, 0.1) is 5.82 Å². The molecule has 0 atom stereocenters. The lowest BCUT2D eigenvalue weighted by Gasteiger charge is -1.96. The molecule has 4 nitrogen and oxygen atoms in total. The molecular weight excluding hydrogens is 287 g/mol. The van der Waals surface area contributed by atoms with E-state index in [1.807, 2.05) is 17.5 Å². The Morgan fingerprint density at radius 1 is 1.10 bits per heavy atom. The fourth-order valence-corrected chi connectivity index (χ4v) is 2.36. The maximum atomic E-state index is 12.9. The van der Waals surface area contributed by atoms with Crippen molar-refractivity contribution in [2.24, 2.45) is 5.10 Å². The number of benzene rings is 1. The van der Waals surface area contributed by atoms with E-state index in [4.69, 9.17) is 0 Å². The normalized spacial score (nSPS) is 10.9. The Bertz CT molecular complexity index is 738. The first kappa shape index (κ1) is 13.4. The third-order valence-electron chi connectivity index (χ3n) is 2.72. The molecule has 1 aromatic carbocycles. The van der Waals surface area contributed by atoms with Crippen LogP contribution in [0.25, 0.3) is 11.3 Å². The van der Waals surface area contributed by atoms with Crippen LogP contribution < -0.4 is 5.43 Å². The van der Waals surface area contributed by atoms with Gasteiger partial charge in [0.15, 0.2) is 0 Å². The summed E-state index contributed by atoms with van der Waals surface area (Å²) < 4.78 is 12.9. The lowest BCUT2D eigenvalue weighted by atomic mass is 10.2. The molecule has 2 aromatic heterocycles. The second-order valence-corrected chi connectivity index (χ2v) is 5.05. The van der Waals surface area contributed by atoms with Gasteiger partial charge in [-0.05, 0) is 42.0 Å². The molecule has 3 aromatic rings. The maximum absolute atomic E-state index is 12.9. The van der Waals surface area contributed by atoms with Crippen molar-refractivity contribution in [3.63, 3.8) is 0 Å². The van der Waals surface area contributed by atoms with E-state index in [-0.39, 0.29) is 5.82 Å². The third kappa shape index (κ3) is 3.49. The highest BCUT2D eigenvalue weighted by Gasteiger charge is 2.03. The number of anilines is 1. The molecule has 1 N–H and O–H groups in total. The summed E-state index contributed by atoms with van der Waals surface area (Å²) in [5.74, 6) is -0.255. The SMILES string of the molecule is Fc1ccc(-c2csc(N/N=C/c3ccncc3)n2)cc1. The Labute approximate surface area is 125 Å². The molecule has 0 saturated heterocycles. The highest BCUT2D eigenvalue weighted by Crippen LogP contribution is 2.24. The Kier molecular flexibility index (Phi) is 3.97. The summed E-state index contributed by atoms with van der Waals surface area (Å²) in [6.07, 6.45) is 5.11. The average molecular weight is 298 g/mol. The standard InChI is InChI=1S/C15H11FN4S/c16-13-3-1-12(2-4-13)14-10-21-15(19-14)20-18-9-11-5-7-17-8-6-11/h1-10H,(H,19,20)/b18-9+. The van der Waals surface area contributed by atoms with Gasteiger partial charge in [-0.15, -0.1) is 11.3 Å². The summed E-state index contributed by atoms with van der Waals surface area (Å²) in [6, 6.07) is 9.96. The lowest BCUT2D eigenvalue weighted by molar-refractivity contribution is 0.628. The summed E-state index contributed by atoms with van der Waals surface area (Å²) in [5, 5.41) is 6.70. The van der Waals surface area contributed by atoms with Gasteiger partial charge < -0.3 is 0 Å². The monoisotopic (exact) mass is 298 g/mol. The number of halogens is 1. The first-order valence-corrected chi connectivity index (χ1v) is 7.10. The maximum Gasteiger partial charge on any atom is 0.203 e. The molecule has 0 saturated carbocycles. The van der Waals surface area contributed by atoms with Gasteiger partial charge in [0, 0.05) is 23.3 Å². The minimum absolute atomic E-state index is 0.255. The molecule has 0 unspecified atom stereocenters. The first-order chi connectivity index (χ1) is 10.3.